The number of aromatic nitrogens is 2. The molecule has 3 amide bonds. The molecule has 0 radical (unpaired) electrons. The molecule has 1 atom stereocenters. The zero-order valence-electron chi connectivity index (χ0n) is 17.6. The van der Waals surface area contributed by atoms with E-state index in [-0.39, 0.29) is 5.56 Å². The minimum absolute atomic E-state index is 0.274. The minimum atomic E-state index is -1.30. The number of amides is 3. The summed E-state index contributed by atoms with van der Waals surface area (Å²) in [6.45, 7) is 5.55. The standard InChI is InChI=1S/C23H24N4O4/c1-4-24-23(30)25-21(28)20(17-11-7-5-8-12-17)31-22(29)19-15(2)26-27(16(19)3)18-13-9-6-10-14-18/h5-14,20H,4H2,1-3H3,(H2,24,25,28,30)/t20-/m0/s1. The molecule has 2 N–H and O–H groups in total. The Bertz CT molecular complexity index is 1080. The van der Waals surface area contributed by atoms with Gasteiger partial charge in [0.05, 0.1) is 17.1 Å². The largest absolute Gasteiger partial charge is 0.444 e. The van der Waals surface area contributed by atoms with Crippen molar-refractivity contribution >= 4 is 17.9 Å². The number of urea groups is 1. The van der Waals surface area contributed by atoms with Crippen LogP contribution in [-0.4, -0.2) is 34.2 Å². The van der Waals surface area contributed by atoms with E-state index in [1.165, 1.54) is 0 Å². The third kappa shape index (κ3) is 4.98. The number of esters is 1. The highest BCUT2D eigenvalue weighted by Gasteiger charge is 2.29. The zero-order valence-corrected chi connectivity index (χ0v) is 17.6. The number of imide groups is 1. The van der Waals surface area contributed by atoms with Gasteiger partial charge >= 0.3 is 12.0 Å². The molecule has 1 heterocycles. The van der Waals surface area contributed by atoms with E-state index in [2.05, 4.69) is 15.7 Å². The lowest BCUT2D eigenvalue weighted by atomic mass is 10.1. The summed E-state index contributed by atoms with van der Waals surface area (Å²) >= 11 is 0. The van der Waals surface area contributed by atoms with Gasteiger partial charge in [0, 0.05) is 12.1 Å². The molecule has 0 aliphatic heterocycles. The average molecular weight is 420 g/mol. The first-order chi connectivity index (χ1) is 14.9. The van der Waals surface area contributed by atoms with Crippen molar-refractivity contribution in [2.45, 2.75) is 26.9 Å². The maximum Gasteiger partial charge on any atom is 0.343 e. The molecule has 0 bridgehead atoms. The van der Waals surface area contributed by atoms with Crippen LogP contribution >= 0.6 is 0 Å². The fourth-order valence-corrected chi connectivity index (χ4v) is 3.21. The number of carbonyl (C=O) groups excluding carboxylic acids is 3. The molecule has 3 rings (SSSR count). The molecule has 3 aromatic rings. The Morgan fingerprint density at radius 2 is 1.61 bits per heavy atom. The predicted octanol–water partition coefficient (Wildman–Crippen LogP) is 3.23. The number of hydrogen-bond donors (Lipinski definition) is 2. The van der Waals surface area contributed by atoms with Gasteiger partial charge < -0.3 is 10.1 Å². The smallest absolute Gasteiger partial charge is 0.343 e. The second-order valence-electron chi connectivity index (χ2n) is 6.84. The summed E-state index contributed by atoms with van der Waals surface area (Å²) in [6.07, 6.45) is -1.30. The summed E-state index contributed by atoms with van der Waals surface area (Å²) in [4.78, 5) is 37.6. The van der Waals surface area contributed by atoms with Crippen LogP contribution in [0.25, 0.3) is 5.69 Å². The first-order valence-electron chi connectivity index (χ1n) is 9.88. The molecule has 0 saturated heterocycles. The third-order valence-corrected chi connectivity index (χ3v) is 4.64. The van der Waals surface area contributed by atoms with Crippen LogP contribution in [0.4, 0.5) is 4.79 Å². The average Bonchev–Trinajstić information content (AvgIpc) is 3.07. The lowest BCUT2D eigenvalue weighted by Crippen LogP contribution is -2.42. The van der Waals surface area contributed by atoms with Crippen LogP contribution in [0.15, 0.2) is 60.7 Å². The molecule has 0 unspecified atom stereocenters. The van der Waals surface area contributed by atoms with Gasteiger partial charge in [-0.3, -0.25) is 10.1 Å². The van der Waals surface area contributed by atoms with Gasteiger partial charge in [-0.2, -0.15) is 5.10 Å². The molecule has 160 valence electrons. The summed E-state index contributed by atoms with van der Waals surface area (Å²) in [7, 11) is 0. The van der Waals surface area contributed by atoms with Crippen LogP contribution in [0.2, 0.25) is 0 Å². The van der Waals surface area contributed by atoms with Crippen LogP contribution < -0.4 is 10.6 Å². The first-order valence-corrected chi connectivity index (χ1v) is 9.88. The minimum Gasteiger partial charge on any atom is -0.444 e. The predicted molar refractivity (Wildman–Crippen MR) is 115 cm³/mol. The lowest BCUT2D eigenvalue weighted by Gasteiger charge is -2.18. The van der Waals surface area contributed by atoms with Crippen molar-refractivity contribution < 1.29 is 19.1 Å². The van der Waals surface area contributed by atoms with Gasteiger partial charge in [-0.1, -0.05) is 48.5 Å². The van der Waals surface area contributed by atoms with Crippen molar-refractivity contribution in [1.29, 1.82) is 0 Å². The maximum absolute atomic E-state index is 13.1. The van der Waals surface area contributed by atoms with Crippen molar-refractivity contribution in [3.8, 4) is 5.69 Å². The van der Waals surface area contributed by atoms with Crippen LogP contribution in [-0.2, 0) is 9.53 Å². The molecule has 8 heteroatoms. The van der Waals surface area contributed by atoms with E-state index in [9.17, 15) is 14.4 Å². The number of para-hydroxylation sites is 1. The highest BCUT2D eigenvalue weighted by atomic mass is 16.5. The Labute approximate surface area is 180 Å². The van der Waals surface area contributed by atoms with E-state index in [4.69, 9.17) is 4.74 Å². The number of rotatable bonds is 6. The van der Waals surface area contributed by atoms with Crippen molar-refractivity contribution in [1.82, 2.24) is 20.4 Å². The zero-order chi connectivity index (χ0) is 22.4. The molecule has 0 aliphatic rings. The number of carbonyl (C=O) groups is 3. The van der Waals surface area contributed by atoms with Crippen LogP contribution in [0.5, 0.6) is 0 Å². The Balaban J connectivity index is 1.90. The fourth-order valence-electron chi connectivity index (χ4n) is 3.21. The number of aryl methyl sites for hydroxylation is 1. The van der Waals surface area contributed by atoms with Gasteiger partial charge in [0.25, 0.3) is 5.91 Å². The fraction of sp³-hybridized carbons (Fsp3) is 0.217. The van der Waals surface area contributed by atoms with E-state index in [1.54, 1.807) is 55.8 Å². The summed E-state index contributed by atoms with van der Waals surface area (Å²) in [5, 5.41) is 9.14. The highest BCUT2D eigenvalue weighted by molar-refractivity contribution is 5.99. The summed E-state index contributed by atoms with van der Waals surface area (Å²) < 4.78 is 7.24. The molecule has 0 aliphatic carbocycles. The number of hydrogen-bond acceptors (Lipinski definition) is 5. The lowest BCUT2D eigenvalue weighted by molar-refractivity contribution is -0.129. The Morgan fingerprint density at radius 3 is 2.23 bits per heavy atom. The summed E-state index contributed by atoms with van der Waals surface area (Å²) in [5.41, 5.74) is 2.58. The first kappa shape index (κ1) is 21.8. The van der Waals surface area contributed by atoms with Gasteiger partial charge in [0.2, 0.25) is 6.10 Å². The number of benzene rings is 2. The van der Waals surface area contributed by atoms with Gasteiger partial charge in [-0.15, -0.1) is 0 Å². The Hall–Kier alpha value is -3.94. The second kappa shape index (κ2) is 9.71. The molecule has 0 saturated carbocycles. The van der Waals surface area contributed by atoms with Gasteiger partial charge in [-0.25, -0.2) is 14.3 Å². The highest BCUT2D eigenvalue weighted by Crippen LogP contribution is 2.24. The number of nitrogens with one attached hydrogen (secondary N) is 2. The molecule has 2 aromatic carbocycles. The van der Waals surface area contributed by atoms with Gasteiger partial charge in [-0.05, 0) is 32.9 Å². The van der Waals surface area contributed by atoms with Crippen molar-refractivity contribution in [3.63, 3.8) is 0 Å². The molecule has 31 heavy (non-hydrogen) atoms. The van der Waals surface area contributed by atoms with Crippen molar-refractivity contribution in [2.24, 2.45) is 0 Å². The SMILES string of the molecule is CCNC(=O)NC(=O)[C@@H](OC(=O)c1c(C)nn(-c2ccccc2)c1C)c1ccccc1. The normalized spacial score (nSPS) is 11.5. The van der Waals surface area contributed by atoms with Crippen LogP contribution in [0.1, 0.15) is 40.3 Å². The van der Waals surface area contributed by atoms with Crippen LogP contribution in [0.3, 0.4) is 0 Å². The molecular formula is C23H24N4O4. The van der Waals surface area contributed by atoms with Gasteiger partial charge in [0.1, 0.15) is 5.56 Å². The number of ether oxygens (including phenoxy) is 1. The topological polar surface area (TPSA) is 102 Å². The quantitative estimate of drug-likeness (QED) is 0.596. The second-order valence-corrected chi connectivity index (χ2v) is 6.84. The van der Waals surface area contributed by atoms with E-state index < -0.39 is 24.0 Å². The van der Waals surface area contributed by atoms with Crippen molar-refractivity contribution in [2.75, 3.05) is 6.54 Å². The molecular weight excluding hydrogens is 396 g/mol. The molecule has 0 fully saturated rings. The molecule has 0 spiro atoms. The van der Waals surface area contributed by atoms with E-state index in [1.807, 2.05) is 30.3 Å². The van der Waals surface area contributed by atoms with Crippen molar-refractivity contribution in [3.05, 3.63) is 83.2 Å². The summed E-state index contributed by atoms with van der Waals surface area (Å²) in [5.74, 6) is -1.44. The Morgan fingerprint density at radius 1 is 1.00 bits per heavy atom. The third-order valence-electron chi connectivity index (χ3n) is 4.64. The molecule has 8 nitrogen and oxygen atoms in total. The van der Waals surface area contributed by atoms with Crippen LogP contribution in [0, 0.1) is 13.8 Å². The molecule has 1 aromatic heterocycles. The summed E-state index contributed by atoms with van der Waals surface area (Å²) in [6, 6.07) is 17.3. The van der Waals surface area contributed by atoms with Gasteiger partial charge in [0.15, 0.2) is 0 Å². The Kier molecular flexibility index (Phi) is 6.81. The van der Waals surface area contributed by atoms with E-state index in [0.717, 1.165) is 5.69 Å². The monoisotopic (exact) mass is 420 g/mol. The maximum atomic E-state index is 13.1. The number of nitrogens with zero attached hydrogens (tertiary/aromatic N) is 2. The van der Waals surface area contributed by atoms with E-state index >= 15 is 0 Å². The van der Waals surface area contributed by atoms with E-state index in [0.29, 0.717) is 23.5 Å².